The molecule has 5 nitrogen and oxygen atoms in total. The molecule has 21 heavy (non-hydrogen) atoms. The van der Waals surface area contributed by atoms with E-state index in [1.54, 1.807) is 0 Å². The van der Waals surface area contributed by atoms with Crippen LogP contribution in [0.3, 0.4) is 0 Å². The highest BCUT2D eigenvalue weighted by Crippen LogP contribution is 2.44. The average molecular weight is 322 g/mol. The Bertz CT molecular complexity index is 692. The van der Waals surface area contributed by atoms with Gasteiger partial charge in [0.05, 0.1) is 30.3 Å². The Balaban J connectivity index is 2.96. The van der Waals surface area contributed by atoms with Crippen molar-refractivity contribution in [2.24, 2.45) is 5.84 Å². The molecule has 9 heteroatoms. The van der Waals surface area contributed by atoms with Crippen molar-refractivity contribution >= 4 is 28.2 Å². The first-order chi connectivity index (χ1) is 9.83. The van der Waals surface area contributed by atoms with E-state index in [4.69, 9.17) is 26.9 Å². The molecule has 2 rings (SSSR count). The maximum atomic E-state index is 12.9. The Morgan fingerprint density at radius 3 is 2.38 bits per heavy atom. The number of alkyl halides is 3. The van der Waals surface area contributed by atoms with Crippen molar-refractivity contribution < 1.29 is 22.6 Å². The number of hydrazine groups is 1. The lowest BCUT2D eigenvalue weighted by atomic mass is 10.1. The molecule has 0 atom stereocenters. The van der Waals surface area contributed by atoms with Gasteiger partial charge in [-0.2, -0.15) is 13.2 Å². The van der Waals surface area contributed by atoms with Crippen molar-refractivity contribution in [1.29, 1.82) is 0 Å². The molecule has 2 aromatic rings. The third kappa shape index (κ3) is 2.64. The molecule has 0 unspecified atom stereocenters. The van der Waals surface area contributed by atoms with Crippen LogP contribution in [0.1, 0.15) is 5.69 Å². The summed E-state index contributed by atoms with van der Waals surface area (Å²) < 4.78 is 48.9. The molecule has 0 aliphatic heterocycles. The predicted molar refractivity (Wildman–Crippen MR) is 72.7 cm³/mol. The number of nitrogen functional groups attached to an aromatic ring is 1. The molecule has 0 saturated carbocycles. The van der Waals surface area contributed by atoms with Gasteiger partial charge in [0.15, 0.2) is 0 Å². The van der Waals surface area contributed by atoms with Crippen molar-refractivity contribution in [3.63, 3.8) is 0 Å². The summed E-state index contributed by atoms with van der Waals surface area (Å²) in [5.74, 6) is 5.54. The number of aromatic nitrogens is 1. The monoisotopic (exact) mass is 321 g/mol. The Morgan fingerprint density at radius 2 is 1.90 bits per heavy atom. The lowest BCUT2D eigenvalue weighted by Crippen LogP contribution is -2.13. The number of nitrogens with one attached hydrogen (secondary N) is 1. The molecule has 1 aromatic heterocycles. The highest BCUT2D eigenvalue weighted by molar-refractivity contribution is 6.34. The molecule has 0 aliphatic rings. The van der Waals surface area contributed by atoms with Crippen molar-refractivity contribution in [3.8, 4) is 11.5 Å². The van der Waals surface area contributed by atoms with Crippen LogP contribution >= 0.6 is 11.6 Å². The van der Waals surface area contributed by atoms with Crippen molar-refractivity contribution in [2.75, 3.05) is 19.6 Å². The zero-order valence-corrected chi connectivity index (χ0v) is 11.8. The van der Waals surface area contributed by atoms with Crippen LogP contribution in [0, 0.1) is 0 Å². The molecular weight excluding hydrogens is 311 g/mol. The number of rotatable bonds is 3. The molecule has 0 spiro atoms. The largest absolute Gasteiger partial charge is 0.494 e. The third-order valence-corrected chi connectivity index (χ3v) is 3.11. The second-order valence-corrected chi connectivity index (χ2v) is 4.42. The number of ether oxygens (including phenoxy) is 2. The number of nitrogens with zero attached hydrogens (tertiary/aromatic N) is 1. The van der Waals surface area contributed by atoms with Gasteiger partial charge in [0, 0.05) is 6.07 Å². The maximum Gasteiger partial charge on any atom is 0.433 e. The first-order valence-corrected chi connectivity index (χ1v) is 6.00. The van der Waals surface area contributed by atoms with Gasteiger partial charge in [-0.3, -0.25) is 5.84 Å². The summed E-state index contributed by atoms with van der Waals surface area (Å²) >= 11 is 6.02. The number of halogens is 4. The topological polar surface area (TPSA) is 69.4 Å². The summed E-state index contributed by atoms with van der Waals surface area (Å²) in [7, 11) is 2.64. The van der Waals surface area contributed by atoms with Gasteiger partial charge in [-0.05, 0) is 6.07 Å². The van der Waals surface area contributed by atoms with Crippen LogP contribution in [0.5, 0.6) is 11.5 Å². The number of hydrogen-bond acceptors (Lipinski definition) is 5. The van der Waals surface area contributed by atoms with Crippen LogP contribution in [0.2, 0.25) is 5.02 Å². The number of anilines is 1. The highest BCUT2D eigenvalue weighted by Gasteiger charge is 2.34. The van der Waals surface area contributed by atoms with Crippen molar-refractivity contribution in [3.05, 3.63) is 22.8 Å². The molecule has 114 valence electrons. The fraction of sp³-hybridized carbons (Fsp3) is 0.250. The molecule has 1 aromatic carbocycles. The second kappa shape index (κ2) is 5.45. The van der Waals surface area contributed by atoms with Gasteiger partial charge in [-0.15, -0.1) is 0 Å². The van der Waals surface area contributed by atoms with E-state index in [-0.39, 0.29) is 33.1 Å². The van der Waals surface area contributed by atoms with E-state index in [1.807, 2.05) is 0 Å². The van der Waals surface area contributed by atoms with E-state index in [9.17, 15) is 13.2 Å². The quantitative estimate of drug-likeness (QED) is 0.671. The fourth-order valence-electron chi connectivity index (χ4n) is 1.94. The minimum Gasteiger partial charge on any atom is -0.494 e. The van der Waals surface area contributed by atoms with E-state index in [0.717, 1.165) is 6.07 Å². The van der Waals surface area contributed by atoms with Crippen LogP contribution in [0.15, 0.2) is 12.1 Å². The van der Waals surface area contributed by atoms with E-state index < -0.39 is 11.9 Å². The van der Waals surface area contributed by atoms with Crippen LogP contribution in [0.25, 0.3) is 10.9 Å². The Kier molecular flexibility index (Phi) is 4.02. The Labute approximate surface area is 122 Å². The summed E-state index contributed by atoms with van der Waals surface area (Å²) in [5, 5.41) is 0.372. The van der Waals surface area contributed by atoms with Gasteiger partial charge in [-0.1, -0.05) is 11.6 Å². The van der Waals surface area contributed by atoms with Gasteiger partial charge < -0.3 is 14.9 Å². The summed E-state index contributed by atoms with van der Waals surface area (Å²) in [6.45, 7) is 0. The molecule has 0 bridgehead atoms. The summed E-state index contributed by atoms with van der Waals surface area (Å²) in [5.41, 5.74) is 1.02. The van der Waals surface area contributed by atoms with E-state index in [0.29, 0.717) is 0 Å². The van der Waals surface area contributed by atoms with Crippen molar-refractivity contribution in [1.82, 2.24) is 4.98 Å². The van der Waals surface area contributed by atoms with Gasteiger partial charge in [0.1, 0.15) is 22.7 Å². The number of methoxy groups -OCH3 is 2. The van der Waals surface area contributed by atoms with Crippen LogP contribution in [-0.2, 0) is 6.18 Å². The smallest absolute Gasteiger partial charge is 0.433 e. The van der Waals surface area contributed by atoms with Gasteiger partial charge in [-0.25, -0.2) is 4.98 Å². The van der Waals surface area contributed by atoms with Crippen molar-refractivity contribution in [2.45, 2.75) is 6.18 Å². The summed E-state index contributed by atoms with van der Waals surface area (Å²) in [6, 6.07) is 2.11. The minimum atomic E-state index is -4.63. The normalized spacial score (nSPS) is 11.6. The third-order valence-electron chi connectivity index (χ3n) is 2.82. The van der Waals surface area contributed by atoms with Gasteiger partial charge in [0.25, 0.3) is 0 Å². The number of pyridine rings is 1. The minimum absolute atomic E-state index is 0.0232. The first kappa shape index (κ1) is 15.5. The number of benzene rings is 1. The Hall–Kier alpha value is -1.93. The van der Waals surface area contributed by atoms with E-state index >= 15 is 0 Å². The molecule has 0 aliphatic carbocycles. The zero-order valence-electron chi connectivity index (χ0n) is 11.0. The number of fused-ring (bicyclic) bond motifs is 1. The SMILES string of the molecule is COc1cc(Cl)c(OC)c2c(NN)cc(C(F)(F)F)nc12. The lowest BCUT2D eigenvalue weighted by Gasteiger charge is -2.16. The number of hydrogen-bond donors (Lipinski definition) is 2. The maximum absolute atomic E-state index is 12.9. The second-order valence-electron chi connectivity index (χ2n) is 4.01. The van der Waals surface area contributed by atoms with Gasteiger partial charge in [0.2, 0.25) is 0 Å². The highest BCUT2D eigenvalue weighted by atomic mass is 35.5. The van der Waals surface area contributed by atoms with Gasteiger partial charge >= 0.3 is 6.18 Å². The molecule has 0 amide bonds. The van der Waals surface area contributed by atoms with Crippen LogP contribution in [0.4, 0.5) is 18.9 Å². The lowest BCUT2D eigenvalue weighted by molar-refractivity contribution is -0.140. The predicted octanol–water partition coefficient (Wildman–Crippen LogP) is 3.21. The van der Waals surface area contributed by atoms with Crippen LogP contribution < -0.4 is 20.7 Å². The number of nitrogens with two attached hydrogens (primary N) is 1. The van der Waals surface area contributed by atoms with Crippen LogP contribution in [-0.4, -0.2) is 19.2 Å². The standard InChI is InChI=1S/C12H11ClF3N3O2/c1-20-7-3-5(13)11(21-2)9-6(19-17)4-8(12(14,15)16)18-10(7)9/h3-4H,17H2,1-2H3,(H,18,19). The average Bonchev–Trinajstić information content (AvgIpc) is 2.44. The fourth-order valence-corrected chi connectivity index (χ4v) is 2.21. The van der Waals surface area contributed by atoms with E-state index in [2.05, 4.69) is 10.4 Å². The molecule has 3 N–H and O–H groups in total. The van der Waals surface area contributed by atoms with E-state index in [1.165, 1.54) is 20.3 Å². The molecule has 0 saturated heterocycles. The summed E-state index contributed by atoms with van der Waals surface area (Å²) in [6.07, 6.45) is -4.63. The molecule has 0 fully saturated rings. The zero-order chi connectivity index (χ0) is 15.8. The molecule has 0 radical (unpaired) electrons. The summed E-state index contributed by atoms with van der Waals surface area (Å²) in [4.78, 5) is 3.59. The first-order valence-electron chi connectivity index (χ1n) is 5.62. The molecular formula is C12H11ClF3N3O2. The molecule has 1 heterocycles. The Morgan fingerprint density at radius 1 is 1.24 bits per heavy atom.